The third-order valence-corrected chi connectivity index (χ3v) is 4.74. The number of nitrogens with one attached hydrogen (secondary N) is 1. The van der Waals surface area contributed by atoms with E-state index in [1.165, 1.54) is 22.6 Å². The number of hydrogen-bond donors (Lipinski definition) is 1. The number of nitrogens with zero attached hydrogens (tertiary/aromatic N) is 2. The lowest BCUT2D eigenvalue weighted by Crippen LogP contribution is -2.40. The molecule has 2 rings (SSSR count). The summed E-state index contributed by atoms with van der Waals surface area (Å²) in [5.74, 6) is 0. The molecule has 0 bridgehead atoms. The highest BCUT2D eigenvalue weighted by Gasteiger charge is 2.26. The quantitative estimate of drug-likeness (QED) is 0.937. The van der Waals surface area contributed by atoms with Gasteiger partial charge < -0.3 is 5.32 Å². The molecule has 0 aromatic carbocycles. The van der Waals surface area contributed by atoms with Crippen molar-refractivity contribution in [2.24, 2.45) is 19.5 Å². The zero-order chi connectivity index (χ0) is 16.5. The van der Waals surface area contributed by atoms with Gasteiger partial charge in [0.15, 0.2) is 0 Å². The van der Waals surface area contributed by atoms with Crippen LogP contribution in [0.4, 0.5) is 0 Å². The summed E-state index contributed by atoms with van der Waals surface area (Å²) < 4.78 is 2.63. The van der Waals surface area contributed by atoms with Crippen LogP contribution in [-0.4, -0.2) is 9.13 Å². The first kappa shape index (κ1) is 16.7. The van der Waals surface area contributed by atoms with Crippen molar-refractivity contribution in [2.45, 2.75) is 33.4 Å². The van der Waals surface area contributed by atoms with Gasteiger partial charge in [-0.3, -0.25) is 13.9 Å². The van der Waals surface area contributed by atoms with Crippen molar-refractivity contribution in [3.05, 3.63) is 55.0 Å². The molecule has 0 saturated heterocycles. The minimum absolute atomic E-state index is 0.0312. The molecule has 0 aliphatic carbocycles. The molecule has 22 heavy (non-hydrogen) atoms. The van der Waals surface area contributed by atoms with E-state index >= 15 is 0 Å². The van der Waals surface area contributed by atoms with Gasteiger partial charge >= 0.3 is 5.69 Å². The lowest BCUT2D eigenvalue weighted by atomic mass is 9.85. The Morgan fingerprint density at radius 3 is 2.45 bits per heavy atom. The van der Waals surface area contributed by atoms with Crippen molar-refractivity contribution in [1.29, 1.82) is 0 Å². The zero-order valence-electron chi connectivity index (χ0n) is 13.7. The van der Waals surface area contributed by atoms with E-state index in [2.05, 4.69) is 37.5 Å². The van der Waals surface area contributed by atoms with Crippen molar-refractivity contribution in [3.8, 4) is 0 Å². The smallest absolute Gasteiger partial charge is 0.303 e. The minimum Gasteiger partial charge on any atom is -0.303 e. The molecule has 1 N–H and O–H groups in total. The van der Waals surface area contributed by atoms with Crippen LogP contribution in [0.1, 0.15) is 37.4 Å². The van der Waals surface area contributed by atoms with Gasteiger partial charge in [0.2, 0.25) is 0 Å². The summed E-state index contributed by atoms with van der Waals surface area (Å²) >= 11 is 1.71. The molecule has 120 valence electrons. The van der Waals surface area contributed by atoms with Crippen LogP contribution >= 0.6 is 11.3 Å². The molecule has 0 radical (unpaired) electrons. The first-order valence-electron chi connectivity index (χ1n) is 7.24. The number of rotatable bonds is 4. The summed E-state index contributed by atoms with van der Waals surface area (Å²) in [5, 5.41) is 5.55. The fourth-order valence-corrected chi connectivity index (χ4v) is 3.49. The predicted octanol–water partition coefficient (Wildman–Crippen LogP) is 2.02. The molecule has 0 spiro atoms. The van der Waals surface area contributed by atoms with Crippen molar-refractivity contribution in [2.75, 3.05) is 0 Å². The monoisotopic (exact) mass is 321 g/mol. The first-order valence-corrected chi connectivity index (χ1v) is 8.12. The highest BCUT2D eigenvalue weighted by Crippen LogP contribution is 2.35. The van der Waals surface area contributed by atoms with Crippen molar-refractivity contribution in [1.82, 2.24) is 14.5 Å². The normalized spacial score (nSPS) is 13.3. The first-order chi connectivity index (χ1) is 10.2. The van der Waals surface area contributed by atoms with Crippen molar-refractivity contribution >= 4 is 11.3 Å². The minimum atomic E-state index is -0.298. The molecular formula is C16H23N3O2S. The fraction of sp³-hybridized carbons (Fsp3) is 0.500. The van der Waals surface area contributed by atoms with E-state index in [0.29, 0.717) is 12.2 Å². The van der Waals surface area contributed by atoms with Gasteiger partial charge in [0.1, 0.15) is 0 Å². The Labute approximate surface area is 134 Å². The van der Waals surface area contributed by atoms with Gasteiger partial charge in [0.25, 0.3) is 5.56 Å². The molecule has 0 saturated carbocycles. The average molecular weight is 321 g/mol. The Morgan fingerprint density at radius 1 is 1.23 bits per heavy atom. The van der Waals surface area contributed by atoms with E-state index in [0.717, 1.165) is 4.57 Å². The number of hydrogen-bond acceptors (Lipinski definition) is 4. The molecule has 0 aliphatic rings. The SMILES string of the molecule is Cn1c(CNC(c2cccs2)C(C)(C)C)cc(=O)n(C)c1=O. The van der Waals surface area contributed by atoms with E-state index in [9.17, 15) is 9.59 Å². The third kappa shape index (κ3) is 3.39. The van der Waals surface area contributed by atoms with Crippen LogP contribution in [-0.2, 0) is 20.6 Å². The maximum atomic E-state index is 12.0. The van der Waals surface area contributed by atoms with Crippen LogP contribution in [0.2, 0.25) is 0 Å². The summed E-state index contributed by atoms with van der Waals surface area (Å²) in [6.45, 7) is 7.00. The van der Waals surface area contributed by atoms with Crippen LogP contribution in [0.25, 0.3) is 0 Å². The Hall–Kier alpha value is -1.66. The maximum absolute atomic E-state index is 12.0. The van der Waals surface area contributed by atoms with Gasteiger partial charge in [-0.25, -0.2) is 4.79 Å². The lowest BCUT2D eigenvalue weighted by molar-refractivity contribution is 0.273. The Kier molecular flexibility index (Phi) is 4.72. The van der Waals surface area contributed by atoms with Gasteiger partial charge in [-0.2, -0.15) is 0 Å². The summed E-state index contributed by atoms with van der Waals surface area (Å²) in [7, 11) is 3.18. The molecule has 0 amide bonds. The van der Waals surface area contributed by atoms with Gasteiger partial charge in [-0.05, 0) is 16.9 Å². The van der Waals surface area contributed by atoms with Gasteiger partial charge in [-0.15, -0.1) is 11.3 Å². The maximum Gasteiger partial charge on any atom is 0.330 e. The molecule has 1 atom stereocenters. The Morgan fingerprint density at radius 2 is 1.91 bits per heavy atom. The van der Waals surface area contributed by atoms with E-state index in [1.807, 2.05) is 6.07 Å². The molecule has 2 aromatic heterocycles. The van der Waals surface area contributed by atoms with Crippen LogP contribution < -0.4 is 16.6 Å². The van der Waals surface area contributed by atoms with Gasteiger partial charge in [0, 0.05) is 43.3 Å². The van der Waals surface area contributed by atoms with Crippen LogP contribution in [0.3, 0.4) is 0 Å². The second-order valence-corrected chi connectivity index (χ2v) is 7.55. The highest BCUT2D eigenvalue weighted by atomic mass is 32.1. The lowest BCUT2D eigenvalue weighted by Gasteiger charge is -2.31. The van der Waals surface area contributed by atoms with Gasteiger partial charge in [-0.1, -0.05) is 26.8 Å². The highest BCUT2D eigenvalue weighted by molar-refractivity contribution is 7.10. The topological polar surface area (TPSA) is 56.0 Å². The van der Waals surface area contributed by atoms with E-state index in [4.69, 9.17) is 0 Å². The van der Waals surface area contributed by atoms with Crippen LogP contribution in [0.5, 0.6) is 0 Å². The molecule has 2 heterocycles. The molecule has 5 nitrogen and oxygen atoms in total. The number of thiophene rings is 1. The second kappa shape index (κ2) is 6.22. The van der Waals surface area contributed by atoms with Crippen molar-refractivity contribution in [3.63, 3.8) is 0 Å². The molecule has 2 aromatic rings. The fourth-order valence-electron chi connectivity index (χ4n) is 2.44. The van der Waals surface area contributed by atoms with E-state index in [1.54, 1.807) is 18.4 Å². The Bertz CT molecular complexity index is 751. The molecule has 0 aliphatic heterocycles. The van der Waals surface area contributed by atoms with E-state index < -0.39 is 0 Å². The summed E-state index contributed by atoms with van der Waals surface area (Å²) in [5.41, 5.74) is 0.152. The van der Waals surface area contributed by atoms with E-state index in [-0.39, 0.29) is 22.7 Å². The largest absolute Gasteiger partial charge is 0.330 e. The summed E-state index contributed by atoms with van der Waals surface area (Å²) in [4.78, 5) is 25.0. The molecule has 0 fully saturated rings. The number of aromatic nitrogens is 2. The van der Waals surface area contributed by atoms with Crippen LogP contribution in [0.15, 0.2) is 33.2 Å². The second-order valence-electron chi connectivity index (χ2n) is 6.57. The predicted molar refractivity (Wildman–Crippen MR) is 90.3 cm³/mol. The average Bonchev–Trinajstić information content (AvgIpc) is 2.94. The molecular weight excluding hydrogens is 298 g/mol. The zero-order valence-corrected chi connectivity index (χ0v) is 14.5. The summed E-state index contributed by atoms with van der Waals surface area (Å²) in [6, 6.07) is 5.82. The van der Waals surface area contributed by atoms with Crippen LogP contribution in [0, 0.1) is 5.41 Å². The van der Waals surface area contributed by atoms with Gasteiger partial charge in [0.05, 0.1) is 0 Å². The molecule has 6 heteroatoms. The third-order valence-electron chi connectivity index (χ3n) is 3.81. The molecule has 1 unspecified atom stereocenters. The Balaban J connectivity index is 2.28. The summed E-state index contributed by atoms with van der Waals surface area (Å²) in [6.07, 6.45) is 0. The van der Waals surface area contributed by atoms with Crippen molar-refractivity contribution < 1.29 is 0 Å². The standard InChI is InChI=1S/C16H23N3O2S/c1-16(2,3)14(12-7-6-8-22-12)17-10-11-9-13(20)19(5)15(21)18(11)4/h6-9,14,17H,10H2,1-5H3.